The first kappa shape index (κ1) is 17.8. The molecule has 3 aromatic rings. The summed E-state index contributed by atoms with van der Waals surface area (Å²) in [5.74, 6) is -1.22. The summed E-state index contributed by atoms with van der Waals surface area (Å²) >= 11 is 2.61. The second-order valence-electron chi connectivity index (χ2n) is 5.35. The normalized spacial score (nSPS) is 10.5. The van der Waals surface area contributed by atoms with Gasteiger partial charge in [0.25, 0.3) is 11.8 Å². The molecule has 0 saturated heterocycles. The van der Waals surface area contributed by atoms with Crippen LogP contribution in [-0.4, -0.2) is 34.2 Å². The zero-order chi connectivity index (χ0) is 18.7. The Morgan fingerprint density at radius 1 is 1.31 bits per heavy atom. The van der Waals surface area contributed by atoms with Crippen LogP contribution in [0.5, 0.6) is 0 Å². The number of H-pyrrole nitrogens is 1. The Morgan fingerprint density at radius 2 is 2.12 bits per heavy atom. The third kappa shape index (κ3) is 4.16. The fraction of sp³-hybridized carbons (Fsp3) is 0.125. The van der Waals surface area contributed by atoms with E-state index in [1.54, 1.807) is 23.7 Å². The Bertz CT molecular complexity index is 972. The molecule has 0 bridgehead atoms. The lowest BCUT2D eigenvalue weighted by Crippen LogP contribution is -2.32. The number of hydrogen-bond acceptors (Lipinski definition) is 6. The highest BCUT2D eigenvalue weighted by molar-refractivity contribution is 7.14. The van der Waals surface area contributed by atoms with E-state index in [0.29, 0.717) is 21.3 Å². The lowest BCUT2D eigenvalue weighted by Gasteiger charge is -2.03. The Balaban J connectivity index is 1.55. The Hall–Kier alpha value is -2.98. The molecular formula is C16H15N5O3S2. The Morgan fingerprint density at radius 3 is 2.77 bits per heavy atom. The number of carbonyl (C=O) groups is 3. The number of hydrogen-bond donors (Lipinski definition) is 4. The van der Waals surface area contributed by atoms with Gasteiger partial charge in [-0.1, -0.05) is 0 Å². The van der Waals surface area contributed by atoms with Gasteiger partial charge in [0.2, 0.25) is 5.91 Å². The highest BCUT2D eigenvalue weighted by atomic mass is 32.1. The summed E-state index contributed by atoms with van der Waals surface area (Å²) in [4.78, 5) is 43.6. The van der Waals surface area contributed by atoms with Crippen LogP contribution in [0.2, 0.25) is 0 Å². The van der Waals surface area contributed by atoms with Crippen LogP contribution in [0.25, 0.3) is 11.3 Å². The molecule has 3 rings (SSSR count). The molecule has 0 atom stereocenters. The predicted octanol–water partition coefficient (Wildman–Crippen LogP) is 1.98. The van der Waals surface area contributed by atoms with Gasteiger partial charge in [0.15, 0.2) is 5.13 Å². The molecule has 3 amide bonds. The highest BCUT2D eigenvalue weighted by Gasteiger charge is 2.13. The summed E-state index contributed by atoms with van der Waals surface area (Å²) in [5, 5.41) is 7.34. The summed E-state index contributed by atoms with van der Waals surface area (Å²) in [6.45, 7) is 1.76. The zero-order valence-corrected chi connectivity index (χ0v) is 15.3. The van der Waals surface area contributed by atoms with Crippen molar-refractivity contribution in [2.24, 2.45) is 5.73 Å². The monoisotopic (exact) mass is 389 g/mol. The Kier molecular flexibility index (Phi) is 5.14. The largest absolute Gasteiger partial charge is 0.364 e. The molecule has 0 fully saturated rings. The highest BCUT2D eigenvalue weighted by Crippen LogP contribution is 2.25. The van der Waals surface area contributed by atoms with Crippen LogP contribution in [0.1, 0.15) is 25.0 Å². The number of nitrogens with zero attached hydrogens (tertiary/aromatic N) is 1. The minimum absolute atomic E-state index is 0.152. The van der Waals surface area contributed by atoms with E-state index in [-0.39, 0.29) is 24.1 Å². The van der Waals surface area contributed by atoms with Crippen LogP contribution in [0.15, 0.2) is 29.8 Å². The topological polar surface area (TPSA) is 130 Å². The third-order valence-corrected chi connectivity index (χ3v) is 5.13. The van der Waals surface area contributed by atoms with Crippen molar-refractivity contribution in [1.29, 1.82) is 0 Å². The maximum atomic E-state index is 12.0. The maximum absolute atomic E-state index is 12.0. The van der Waals surface area contributed by atoms with Crippen molar-refractivity contribution >= 4 is 45.5 Å². The first-order chi connectivity index (χ1) is 12.4. The van der Waals surface area contributed by atoms with Crippen LogP contribution >= 0.6 is 22.7 Å². The molecule has 0 aliphatic heterocycles. The van der Waals surface area contributed by atoms with Gasteiger partial charge in [-0.2, -0.15) is 0 Å². The number of aromatic amines is 1. The van der Waals surface area contributed by atoms with Gasteiger partial charge in [0, 0.05) is 22.0 Å². The number of rotatable bonds is 6. The molecule has 26 heavy (non-hydrogen) atoms. The number of thiazole rings is 1. The van der Waals surface area contributed by atoms with Crippen LogP contribution in [0.3, 0.4) is 0 Å². The minimum atomic E-state index is -0.559. The van der Waals surface area contributed by atoms with Gasteiger partial charge < -0.3 is 21.4 Å². The van der Waals surface area contributed by atoms with Crippen molar-refractivity contribution in [2.45, 2.75) is 6.92 Å². The average Bonchev–Trinajstić information content (AvgIpc) is 3.32. The minimum Gasteiger partial charge on any atom is -0.364 e. The van der Waals surface area contributed by atoms with Gasteiger partial charge in [-0.3, -0.25) is 14.4 Å². The summed E-state index contributed by atoms with van der Waals surface area (Å²) in [5.41, 5.74) is 6.78. The fourth-order valence-corrected chi connectivity index (χ4v) is 3.64. The van der Waals surface area contributed by atoms with E-state index < -0.39 is 5.91 Å². The zero-order valence-electron chi connectivity index (χ0n) is 13.7. The number of aryl methyl sites for hydroxylation is 1. The van der Waals surface area contributed by atoms with Gasteiger partial charge in [-0.05, 0) is 25.1 Å². The maximum Gasteiger partial charge on any atom is 0.265 e. The van der Waals surface area contributed by atoms with E-state index in [1.165, 1.54) is 22.7 Å². The van der Waals surface area contributed by atoms with Crippen molar-refractivity contribution in [3.05, 3.63) is 45.2 Å². The first-order valence-electron chi connectivity index (χ1n) is 7.51. The summed E-state index contributed by atoms with van der Waals surface area (Å²) < 4.78 is 0. The summed E-state index contributed by atoms with van der Waals surface area (Å²) in [7, 11) is 0. The number of thiophene rings is 1. The second kappa shape index (κ2) is 7.50. The molecule has 134 valence electrons. The van der Waals surface area contributed by atoms with Gasteiger partial charge in [-0.15, -0.1) is 22.7 Å². The Labute approximate surface area is 156 Å². The lowest BCUT2D eigenvalue weighted by atomic mass is 10.2. The molecule has 0 saturated carbocycles. The van der Waals surface area contributed by atoms with E-state index in [9.17, 15) is 14.4 Å². The molecule has 0 aromatic carbocycles. The van der Waals surface area contributed by atoms with Crippen molar-refractivity contribution in [1.82, 2.24) is 15.3 Å². The summed E-state index contributed by atoms with van der Waals surface area (Å²) in [6, 6.07) is 5.16. The molecule has 8 nitrogen and oxygen atoms in total. The van der Waals surface area contributed by atoms with Crippen molar-refractivity contribution < 1.29 is 14.4 Å². The van der Waals surface area contributed by atoms with Gasteiger partial charge in [-0.25, -0.2) is 4.98 Å². The molecule has 0 unspecified atom stereocenters. The van der Waals surface area contributed by atoms with Crippen LogP contribution in [-0.2, 0) is 4.79 Å². The smallest absolute Gasteiger partial charge is 0.265 e. The number of amides is 3. The molecule has 5 N–H and O–H groups in total. The first-order valence-corrected chi connectivity index (χ1v) is 9.20. The van der Waals surface area contributed by atoms with Crippen LogP contribution < -0.4 is 16.4 Å². The number of anilines is 1. The number of aromatic nitrogens is 2. The van der Waals surface area contributed by atoms with Crippen molar-refractivity contribution in [2.75, 3.05) is 11.9 Å². The van der Waals surface area contributed by atoms with Crippen LogP contribution in [0.4, 0.5) is 5.13 Å². The van der Waals surface area contributed by atoms with Crippen LogP contribution in [0, 0.1) is 6.92 Å². The lowest BCUT2D eigenvalue weighted by molar-refractivity contribution is -0.115. The number of primary amides is 1. The van der Waals surface area contributed by atoms with E-state index in [4.69, 9.17) is 5.73 Å². The van der Waals surface area contributed by atoms with Gasteiger partial charge >= 0.3 is 0 Å². The van der Waals surface area contributed by atoms with Gasteiger partial charge in [0.05, 0.1) is 17.1 Å². The molecule has 10 heteroatoms. The molecule has 0 aliphatic carbocycles. The number of nitrogens with two attached hydrogens (primary N) is 1. The van der Waals surface area contributed by atoms with Gasteiger partial charge in [0.1, 0.15) is 5.69 Å². The molecule has 0 spiro atoms. The van der Waals surface area contributed by atoms with E-state index >= 15 is 0 Å². The fourth-order valence-electron chi connectivity index (χ4n) is 2.12. The third-order valence-electron chi connectivity index (χ3n) is 3.37. The number of nitrogens with one attached hydrogen (secondary N) is 3. The molecule has 0 radical (unpaired) electrons. The molecule has 3 heterocycles. The predicted molar refractivity (Wildman–Crippen MR) is 100 cm³/mol. The van der Waals surface area contributed by atoms with E-state index in [1.807, 2.05) is 13.0 Å². The molecular weight excluding hydrogens is 374 g/mol. The van der Waals surface area contributed by atoms with E-state index in [2.05, 4.69) is 20.6 Å². The molecule has 0 aliphatic rings. The van der Waals surface area contributed by atoms with Crippen molar-refractivity contribution in [3.8, 4) is 11.3 Å². The van der Waals surface area contributed by atoms with E-state index in [0.717, 1.165) is 4.88 Å². The second-order valence-corrected chi connectivity index (χ2v) is 7.49. The number of carbonyl (C=O) groups excluding carboxylic acids is 3. The SMILES string of the molecule is Cc1ccc(C(=O)NCC(=O)Nc2nc(-c3c[nH]c(C(N)=O)c3)cs2)s1. The quantitative estimate of drug-likeness (QED) is 0.513. The standard InChI is InChI=1S/C16H15N5O3S2/c1-8-2-3-12(26-8)15(24)19-6-13(22)21-16-20-11(7-25-16)9-4-10(14(17)23)18-5-9/h2-5,7,18H,6H2,1H3,(H2,17,23)(H,19,24)(H,20,21,22). The summed E-state index contributed by atoms with van der Waals surface area (Å²) in [6.07, 6.45) is 1.62. The average molecular weight is 389 g/mol. The van der Waals surface area contributed by atoms with Crippen molar-refractivity contribution in [3.63, 3.8) is 0 Å². The molecule has 3 aromatic heterocycles.